The molecular weight excluding hydrogens is 310 g/mol. The van der Waals surface area contributed by atoms with Crippen LogP contribution in [0.4, 0.5) is 5.00 Å². The summed E-state index contributed by atoms with van der Waals surface area (Å²) >= 11 is 7.20. The molecular formula is C15H12ClNO3S. The Balaban J connectivity index is 2.12. The lowest BCUT2D eigenvalue weighted by Crippen LogP contribution is -2.09. The van der Waals surface area contributed by atoms with Gasteiger partial charge in [0.05, 0.1) is 5.56 Å². The lowest BCUT2D eigenvalue weighted by Gasteiger charge is -2.01. The molecule has 108 valence electrons. The third-order valence-electron chi connectivity index (χ3n) is 2.64. The minimum Gasteiger partial charge on any atom is -0.478 e. The van der Waals surface area contributed by atoms with E-state index in [1.54, 1.807) is 31.2 Å². The Kier molecular flexibility index (Phi) is 4.77. The molecule has 0 atom stereocenters. The zero-order valence-corrected chi connectivity index (χ0v) is 12.7. The van der Waals surface area contributed by atoms with Crippen LogP contribution in [0.2, 0.25) is 5.02 Å². The highest BCUT2D eigenvalue weighted by atomic mass is 35.5. The first-order chi connectivity index (χ1) is 9.97. The van der Waals surface area contributed by atoms with Crippen LogP contribution in [0.15, 0.2) is 36.4 Å². The van der Waals surface area contributed by atoms with E-state index >= 15 is 0 Å². The fraction of sp³-hybridized carbons (Fsp3) is 0.0667. The van der Waals surface area contributed by atoms with Gasteiger partial charge in [0.2, 0.25) is 5.91 Å². The van der Waals surface area contributed by atoms with Crippen LogP contribution in [0.3, 0.4) is 0 Å². The van der Waals surface area contributed by atoms with E-state index in [1.807, 2.05) is 6.07 Å². The van der Waals surface area contributed by atoms with E-state index in [0.29, 0.717) is 10.0 Å². The smallest absolute Gasteiger partial charge is 0.338 e. The van der Waals surface area contributed by atoms with Crippen molar-refractivity contribution in [2.75, 3.05) is 5.32 Å². The molecule has 2 N–H and O–H groups in total. The second kappa shape index (κ2) is 6.56. The molecule has 0 aliphatic rings. The Hall–Kier alpha value is -2.11. The fourth-order valence-corrected chi connectivity index (χ4v) is 2.80. The van der Waals surface area contributed by atoms with Gasteiger partial charge in [-0.3, -0.25) is 4.79 Å². The number of carbonyl (C=O) groups is 2. The van der Waals surface area contributed by atoms with Crippen LogP contribution in [0.1, 0.15) is 20.8 Å². The summed E-state index contributed by atoms with van der Waals surface area (Å²) in [6, 6.07) is 8.65. The highest BCUT2D eigenvalue weighted by molar-refractivity contribution is 7.16. The Labute approximate surface area is 130 Å². The van der Waals surface area contributed by atoms with E-state index in [-0.39, 0.29) is 5.56 Å². The summed E-state index contributed by atoms with van der Waals surface area (Å²) in [6.07, 6.45) is 2.90. The number of carboxylic acids is 1. The highest BCUT2D eigenvalue weighted by Crippen LogP contribution is 2.27. The minimum absolute atomic E-state index is 0.0944. The molecule has 21 heavy (non-hydrogen) atoms. The standard InChI is InChI=1S/C15H12ClNO3S/c1-9-8-11(15(19)20)14(21-9)17-13(18)7-6-10-4-2-3-5-12(10)16/h2-8H,1H3,(H,17,18)(H,19,20). The monoisotopic (exact) mass is 321 g/mol. The van der Waals surface area contributed by atoms with E-state index in [2.05, 4.69) is 5.32 Å². The maximum absolute atomic E-state index is 11.9. The van der Waals surface area contributed by atoms with Crippen molar-refractivity contribution in [3.8, 4) is 0 Å². The highest BCUT2D eigenvalue weighted by Gasteiger charge is 2.14. The number of benzene rings is 1. The van der Waals surface area contributed by atoms with Crippen LogP contribution in [-0.2, 0) is 4.79 Å². The summed E-state index contributed by atoms with van der Waals surface area (Å²) in [5.41, 5.74) is 0.812. The molecule has 0 bridgehead atoms. The number of carbonyl (C=O) groups excluding carboxylic acids is 1. The minimum atomic E-state index is -1.07. The second-order valence-corrected chi connectivity index (χ2v) is 5.91. The van der Waals surface area contributed by atoms with Gasteiger partial charge in [-0.2, -0.15) is 0 Å². The molecule has 2 aromatic rings. The number of carboxylic acid groups (broad SMARTS) is 1. The zero-order valence-electron chi connectivity index (χ0n) is 11.1. The maximum Gasteiger partial charge on any atom is 0.338 e. The number of aryl methyl sites for hydroxylation is 1. The number of anilines is 1. The van der Waals surface area contributed by atoms with Crippen LogP contribution in [0.5, 0.6) is 0 Å². The molecule has 0 radical (unpaired) electrons. The topological polar surface area (TPSA) is 66.4 Å². The van der Waals surface area contributed by atoms with Gasteiger partial charge in [0.25, 0.3) is 0 Å². The number of rotatable bonds is 4. The van der Waals surface area contributed by atoms with Gasteiger partial charge in [0, 0.05) is 16.0 Å². The third kappa shape index (κ3) is 3.93. The summed E-state index contributed by atoms with van der Waals surface area (Å²) in [5, 5.41) is 12.5. The number of halogens is 1. The van der Waals surface area contributed by atoms with Gasteiger partial charge in [-0.15, -0.1) is 11.3 Å². The molecule has 0 aliphatic heterocycles. The van der Waals surface area contributed by atoms with Crippen molar-refractivity contribution in [1.29, 1.82) is 0 Å². The summed E-state index contributed by atoms with van der Waals surface area (Å²) in [4.78, 5) is 23.7. The molecule has 2 rings (SSSR count). The lowest BCUT2D eigenvalue weighted by molar-refractivity contribution is -0.111. The molecule has 0 aliphatic carbocycles. The Morgan fingerprint density at radius 2 is 2.05 bits per heavy atom. The average molecular weight is 322 g/mol. The van der Waals surface area contributed by atoms with Crippen LogP contribution < -0.4 is 5.32 Å². The summed E-state index contributed by atoms with van der Waals surface area (Å²) < 4.78 is 0. The first-order valence-electron chi connectivity index (χ1n) is 6.04. The van der Waals surface area contributed by atoms with Crippen LogP contribution in [-0.4, -0.2) is 17.0 Å². The molecule has 0 fully saturated rings. The number of amides is 1. The van der Waals surface area contributed by atoms with Gasteiger partial charge >= 0.3 is 5.97 Å². The number of aromatic carboxylic acids is 1. The lowest BCUT2D eigenvalue weighted by atomic mass is 10.2. The van der Waals surface area contributed by atoms with Crippen molar-refractivity contribution < 1.29 is 14.7 Å². The molecule has 6 heteroatoms. The van der Waals surface area contributed by atoms with Crippen LogP contribution in [0.25, 0.3) is 6.08 Å². The van der Waals surface area contributed by atoms with Crippen molar-refractivity contribution in [3.63, 3.8) is 0 Å². The Morgan fingerprint density at radius 3 is 2.71 bits per heavy atom. The number of nitrogens with one attached hydrogen (secondary N) is 1. The zero-order chi connectivity index (χ0) is 15.4. The molecule has 4 nitrogen and oxygen atoms in total. The quantitative estimate of drug-likeness (QED) is 0.834. The maximum atomic E-state index is 11.9. The third-order valence-corrected chi connectivity index (χ3v) is 3.95. The van der Waals surface area contributed by atoms with Gasteiger partial charge in [0.15, 0.2) is 0 Å². The van der Waals surface area contributed by atoms with Crippen molar-refractivity contribution in [2.24, 2.45) is 0 Å². The van der Waals surface area contributed by atoms with Crippen molar-refractivity contribution in [3.05, 3.63) is 57.4 Å². The van der Waals surface area contributed by atoms with E-state index in [4.69, 9.17) is 16.7 Å². The van der Waals surface area contributed by atoms with Gasteiger partial charge in [-0.05, 0) is 30.7 Å². The number of hydrogen-bond donors (Lipinski definition) is 2. The molecule has 1 aromatic carbocycles. The van der Waals surface area contributed by atoms with Crippen LogP contribution >= 0.6 is 22.9 Å². The summed E-state index contributed by atoms with van der Waals surface area (Å²) in [5.74, 6) is -1.47. The normalized spacial score (nSPS) is 10.8. The largest absolute Gasteiger partial charge is 0.478 e. The molecule has 0 saturated carbocycles. The molecule has 0 spiro atoms. The van der Waals surface area contributed by atoms with Gasteiger partial charge in [0.1, 0.15) is 5.00 Å². The number of hydrogen-bond acceptors (Lipinski definition) is 3. The Bertz CT molecular complexity index is 721. The molecule has 1 amide bonds. The first-order valence-corrected chi connectivity index (χ1v) is 7.24. The molecule has 0 unspecified atom stereocenters. The fourth-order valence-electron chi connectivity index (χ4n) is 1.70. The van der Waals surface area contributed by atoms with E-state index in [0.717, 1.165) is 10.4 Å². The SMILES string of the molecule is Cc1cc(C(=O)O)c(NC(=O)C=Cc2ccccc2Cl)s1. The van der Waals surface area contributed by atoms with E-state index < -0.39 is 11.9 Å². The summed E-state index contributed by atoms with van der Waals surface area (Å²) in [7, 11) is 0. The average Bonchev–Trinajstić information content (AvgIpc) is 2.79. The molecule has 1 aromatic heterocycles. The predicted molar refractivity (Wildman–Crippen MR) is 85.1 cm³/mol. The van der Waals surface area contributed by atoms with Crippen molar-refractivity contribution >= 4 is 45.9 Å². The molecule has 1 heterocycles. The van der Waals surface area contributed by atoms with E-state index in [1.165, 1.54) is 23.5 Å². The van der Waals surface area contributed by atoms with Crippen molar-refractivity contribution in [1.82, 2.24) is 0 Å². The van der Waals surface area contributed by atoms with Gasteiger partial charge < -0.3 is 10.4 Å². The van der Waals surface area contributed by atoms with Gasteiger partial charge in [-0.1, -0.05) is 29.8 Å². The number of thiophene rings is 1. The summed E-state index contributed by atoms with van der Waals surface area (Å²) in [6.45, 7) is 1.78. The molecule has 0 saturated heterocycles. The second-order valence-electron chi connectivity index (χ2n) is 4.25. The van der Waals surface area contributed by atoms with E-state index in [9.17, 15) is 9.59 Å². The van der Waals surface area contributed by atoms with Crippen LogP contribution in [0, 0.1) is 6.92 Å². The first kappa shape index (κ1) is 15.3. The van der Waals surface area contributed by atoms with Crippen molar-refractivity contribution in [2.45, 2.75) is 6.92 Å². The van der Waals surface area contributed by atoms with Gasteiger partial charge in [-0.25, -0.2) is 4.79 Å². The Morgan fingerprint density at radius 1 is 1.33 bits per heavy atom. The predicted octanol–water partition coefficient (Wildman–Crippen LogP) is 4.06.